The Morgan fingerprint density at radius 2 is 1.66 bits per heavy atom. The summed E-state index contributed by atoms with van der Waals surface area (Å²) in [4.78, 5) is 16.3. The number of carbonyl (C=O) groups excluding carboxylic acids is 1. The van der Waals surface area contributed by atoms with Crippen LogP contribution in [0.3, 0.4) is 0 Å². The quantitative estimate of drug-likeness (QED) is 0.227. The van der Waals surface area contributed by atoms with Crippen molar-refractivity contribution in [2.45, 2.75) is 57.8 Å². The number of ether oxygens (including phenoxy) is 2. The van der Waals surface area contributed by atoms with Crippen LogP contribution in [-0.2, 0) is 20.3 Å². The van der Waals surface area contributed by atoms with Crippen molar-refractivity contribution in [3.8, 4) is 11.1 Å². The fourth-order valence-electron chi connectivity index (χ4n) is 4.00. The minimum atomic E-state index is -2.05. The Labute approximate surface area is 226 Å². The minimum Gasteiger partial charge on any atom is -0.464 e. The summed E-state index contributed by atoms with van der Waals surface area (Å²) in [7, 11) is -0.713. The Kier molecular flexibility index (Phi) is 8.33. The van der Waals surface area contributed by atoms with Crippen molar-refractivity contribution in [1.29, 1.82) is 0 Å². The molecule has 3 aromatic rings. The summed E-state index contributed by atoms with van der Waals surface area (Å²) >= 11 is 0. The van der Waals surface area contributed by atoms with Crippen LogP contribution in [0.1, 0.15) is 43.2 Å². The van der Waals surface area contributed by atoms with E-state index >= 15 is 0 Å². The third kappa shape index (κ3) is 6.68. The lowest BCUT2D eigenvalue weighted by Crippen LogP contribution is -2.45. The molecular weight excluding hydrogens is 494 g/mol. The molecule has 1 aliphatic rings. The predicted octanol–water partition coefficient (Wildman–Crippen LogP) is 6.67. The van der Waals surface area contributed by atoms with Crippen molar-refractivity contribution in [1.82, 2.24) is 4.98 Å². The van der Waals surface area contributed by atoms with E-state index in [0.717, 1.165) is 6.42 Å². The molecule has 1 unspecified atom stereocenters. The van der Waals surface area contributed by atoms with Gasteiger partial charge in [-0.15, -0.1) is 5.10 Å². The first-order valence-corrected chi connectivity index (χ1v) is 15.8. The van der Waals surface area contributed by atoms with Crippen molar-refractivity contribution in [2.24, 2.45) is 5.10 Å². The average molecular weight is 532 g/mol. The van der Waals surface area contributed by atoms with Gasteiger partial charge < -0.3 is 13.9 Å². The first-order valence-electron chi connectivity index (χ1n) is 12.9. The highest BCUT2D eigenvalue weighted by Crippen LogP contribution is 2.38. The number of anilines is 1. The number of hydrazone groups is 1. The van der Waals surface area contributed by atoms with Gasteiger partial charge in [-0.25, -0.2) is 14.8 Å². The van der Waals surface area contributed by atoms with Crippen LogP contribution >= 0.6 is 0 Å². The monoisotopic (exact) mass is 531 g/mol. The van der Waals surface area contributed by atoms with Gasteiger partial charge in [0.15, 0.2) is 26.6 Å². The number of aromatic nitrogens is 1. The number of benzene rings is 2. The topological polar surface area (TPSA) is 73.2 Å². The van der Waals surface area contributed by atoms with Gasteiger partial charge in [-0.3, -0.25) is 0 Å². The molecule has 0 fully saturated rings. The third-order valence-corrected chi connectivity index (χ3v) is 11.7. The molecule has 7 nitrogen and oxygen atoms in total. The zero-order valence-corrected chi connectivity index (χ0v) is 24.1. The van der Waals surface area contributed by atoms with Gasteiger partial charge in [0.2, 0.25) is 5.90 Å². The second-order valence-corrected chi connectivity index (χ2v) is 15.8. The highest BCUT2D eigenvalue weighted by atomic mass is 28.4. The molecule has 1 atom stereocenters. The lowest BCUT2D eigenvalue weighted by atomic mass is 10.0. The van der Waals surface area contributed by atoms with Gasteiger partial charge >= 0.3 is 5.97 Å². The fraction of sp³-hybridized carbons (Fsp3) is 0.367. The maximum atomic E-state index is 11.9. The largest absolute Gasteiger partial charge is 0.464 e. The average Bonchev–Trinajstić information content (AvgIpc) is 3.37. The summed E-state index contributed by atoms with van der Waals surface area (Å²) in [5, 5.41) is 6.39. The lowest BCUT2D eigenvalue weighted by molar-refractivity contribution is 0.0594. The van der Waals surface area contributed by atoms with Crippen molar-refractivity contribution < 1.29 is 18.7 Å². The van der Waals surface area contributed by atoms with Crippen molar-refractivity contribution in [3.63, 3.8) is 0 Å². The van der Waals surface area contributed by atoms with Crippen LogP contribution in [0.4, 0.5) is 5.82 Å². The lowest BCUT2D eigenvalue weighted by Gasteiger charge is -2.39. The maximum absolute atomic E-state index is 11.9. The number of hydrogen-bond donors (Lipinski definition) is 0. The van der Waals surface area contributed by atoms with E-state index in [9.17, 15) is 4.79 Å². The number of hydrogen-bond acceptors (Lipinski definition) is 7. The SMILES string of the molecule is COC(=O)c1cccc(N2COC(CC(Cc3ccc(-c4ccccc4)cc3)O[Si](C)(C)C(C)(C)C)=N2)n1. The number of nitrogens with zero attached hydrogens (tertiary/aromatic N) is 3. The van der Waals surface area contributed by atoms with E-state index in [1.165, 1.54) is 23.8 Å². The summed E-state index contributed by atoms with van der Waals surface area (Å²) in [5.41, 5.74) is 3.83. The van der Waals surface area contributed by atoms with E-state index in [2.05, 4.69) is 92.5 Å². The van der Waals surface area contributed by atoms with E-state index in [1.807, 2.05) is 6.07 Å². The van der Waals surface area contributed by atoms with Crippen LogP contribution in [0.2, 0.25) is 18.1 Å². The van der Waals surface area contributed by atoms with E-state index < -0.39 is 14.3 Å². The molecule has 0 bridgehead atoms. The van der Waals surface area contributed by atoms with Gasteiger partial charge in [-0.05, 0) is 53.4 Å². The molecule has 2 aromatic carbocycles. The van der Waals surface area contributed by atoms with Gasteiger partial charge in [0.25, 0.3) is 0 Å². The molecule has 0 saturated heterocycles. The molecule has 200 valence electrons. The van der Waals surface area contributed by atoms with Crippen LogP contribution in [0.15, 0.2) is 77.9 Å². The smallest absolute Gasteiger partial charge is 0.356 e. The summed E-state index contributed by atoms with van der Waals surface area (Å²) < 4.78 is 17.6. The highest BCUT2D eigenvalue weighted by Gasteiger charge is 2.39. The zero-order chi connectivity index (χ0) is 27.3. The molecule has 1 aromatic heterocycles. The second-order valence-electron chi connectivity index (χ2n) is 11.0. The van der Waals surface area contributed by atoms with Crippen molar-refractivity contribution in [3.05, 3.63) is 84.1 Å². The van der Waals surface area contributed by atoms with E-state index in [-0.39, 0.29) is 23.6 Å². The normalized spacial score (nSPS) is 14.6. The standard InChI is InChI=1S/C30H37N3O4Si/c1-30(2,3)38(5,6)37-25(19-22-15-17-24(18-16-22)23-11-8-7-9-12-23)20-28-32-33(21-36-28)27-14-10-13-26(31-27)29(34)35-4/h7-18,25H,19-21H2,1-6H3. The maximum Gasteiger partial charge on any atom is 0.356 e. The molecule has 0 amide bonds. The molecule has 0 N–H and O–H groups in total. The first kappa shape index (κ1) is 27.5. The number of rotatable bonds is 9. The Bertz CT molecular complexity index is 1270. The predicted molar refractivity (Wildman–Crippen MR) is 154 cm³/mol. The Morgan fingerprint density at radius 3 is 2.32 bits per heavy atom. The number of carbonyl (C=O) groups is 1. The summed E-state index contributed by atoms with van der Waals surface area (Å²) in [5.74, 6) is 0.637. The van der Waals surface area contributed by atoms with Gasteiger partial charge in [-0.1, -0.05) is 81.4 Å². The number of methoxy groups -OCH3 is 1. The molecule has 0 aliphatic carbocycles. The molecule has 0 spiro atoms. The Hall–Kier alpha value is -3.49. The summed E-state index contributed by atoms with van der Waals surface area (Å²) in [6, 6.07) is 24.2. The highest BCUT2D eigenvalue weighted by molar-refractivity contribution is 6.74. The fourth-order valence-corrected chi connectivity index (χ4v) is 5.35. The van der Waals surface area contributed by atoms with Crippen LogP contribution in [-0.4, -0.2) is 45.1 Å². The van der Waals surface area contributed by atoms with E-state index in [4.69, 9.17) is 13.9 Å². The van der Waals surface area contributed by atoms with Crippen molar-refractivity contribution in [2.75, 3.05) is 18.8 Å². The molecule has 2 heterocycles. The number of esters is 1. The summed E-state index contributed by atoms with van der Waals surface area (Å²) in [6.45, 7) is 11.5. The van der Waals surface area contributed by atoms with Gasteiger partial charge in [0.1, 0.15) is 0 Å². The van der Waals surface area contributed by atoms with Gasteiger partial charge in [-0.2, -0.15) is 0 Å². The molecule has 8 heteroatoms. The first-order chi connectivity index (χ1) is 18.1. The minimum absolute atomic E-state index is 0.0744. The van der Waals surface area contributed by atoms with Gasteiger partial charge in [0, 0.05) is 0 Å². The van der Waals surface area contributed by atoms with Crippen LogP contribution in [0.25, 0.3) is 11.1 Å². The van der Waals surface area contributed by atoms with E-state index in [1.54, 1.807) is 23.2 Å². The Balaban J connectivity index is 1.52. The van der Waals surface area contributed by atoms with Crippen LogP contribution in [0, 0.1) is 0 Å². The van der Waals surface area contributed by atoms with Crippen LogP contribution < -0.4 is 5.01 Å². The molecular formula is C30H37N3O4Si. The van der Waals surface area contributed by atoms with Gasteiger partial charge in [0.05, 0.1) is 19.6 Å². The third-order valence-electron chi connectivity index (χ3n) is 7.17. The number of pyridine rings is 1. The van der Waals surface area contributed by atoms with Crippen molar-refractivity contribution >= 4 is 26.0 Å². The van der Waals surface area contributed by atoms with Crippen LogP contribution in [0.5, 0.6) is 0 Å². The zero-order valence-electron chi connectivity index (χ0n) is 23.1. The Morgan fingerprint density at radius 1 is 0.974 bits per heavy atom. The molecule has 1 aliphatic heterocycles. The molecule has 4 rings (SSSR count). The molecule has 0 saturated carbocycles. The summed E-state index contributed by atoms with van der Waals surface area (Å²) in [6.07, 6.45) is 1.20. The molecule has 0 radical (unpaired) electrons. The second kappa shape index (κ2) is 11.5. The van der Waals surface area contributed by atoms with E-state index in [0.29, 0.717) is 18.1 Å². The molecule has 38 heavy (non-hydrogen) atoms.